The Bertz CT molecular complexity index is 1370. The highest BCUT2D eigenvalue weighted by atomic mass is 35.5. The van der Waals surface area contributed by atoms with Crippen LogP contribution >= 0.6 is 11.6 Å². The summed E-state index contributed by atoms with van der Waals surface area (Å²) in [4.78, 5) is 37.7. The molecular weight excluding hydrogens is 495 g/mol. The predicted octanol–water partition coefficient (Wildman–Crippen LogP) is 4.54. The highest BCUT2D eigenvalue weighted by Gasteiger charge is 2.34. The SMILES string of the molecule is COC(=O)c1ccc(CN2C(=O)N/C(=C\c3cc(Cl)c(OCc4ccccc4F)c(OC)c3)C2=O)o1. The number of urea groups is 1. The lowest BCUT2D eigenvalue weighted by atomic mass is 10.1. The molecule has 2 aromatic carbocycles. The van der Waals surface area contributed by atoms with Crippen LogP contribution in [0.25, 0.3) is 6.08 Å². The van der Waals surface area contributed by atoms with E-state index in [2.05, 4.69) is 10.1 Å². The summed E-state index contributed by atoms with van der Waals surface area (Å²) in [5.41, 5.74) is 0.792. The molecule has 0 atom stereocenters. The Morgan fingerprint density at radius 1 is 1.17 bits per heavy atom. The van der Waals surface area contributed by atoms with Crippen LogP contribution in [0.5, 0.6) is 11.5 Å². The zero-order valence-electron chi connectivity index (χ0n) is 19.2. The predicted molar refractivity (Wildman–Crippen MR) is 126 cm³/mol. The number of nitrogens with zero attached hydrogens (tertiary/aromatic N) is 1. The molecule has 1 N–H and O–H groups in total. The number of carbonyl (C=O) groups excluding carboxylic acids is 3. The summed E-state index contributed by atoms with van der Waals surface area (Å²) in [5.74, 6) is -1.06. The van der Waals surface area contributed by atoms with E-state index in [0.29, 0.717) is 11.1 Å². The average molecular weight is 515 g/mol. The second-order valence-electron chi connectivity index (χ2n) is 7.55. The number of furan rings is 1. The average Bonchev–Trinajstić information content (AvgIpc) is 3.44. The number of ether oxygens (including phenoxy) is 3. The molecule has 1 aliphatic rings. The number of hydrogen-bond donors (Lipinski definition) is 1. The van der Waals surface area contributed by atoms with E-state index in [4.69, 9.17) is 25.5 Å². The lowest BCUT2D eigenvalue weighted by Gasteiger charge is -2.14. The van der Waals surface area contributed by atoms with Gasteiger partial charge in [-0.15, -0.1) is 0 Å². The number of imide groups is 1. The van der Waals surface area contributed by atoms with E-state index >= 15 is 0 Å². The van der Waals surface area contributed by atoms with E-state index in [-0.39, 0.29) is 46.9 Å². The van der Waals surface area contributed by atoms with Crippen LogP contribution in [0.1, 0.15) is 27.4 Å². The number of amides is 3. The van der Waals surface area contributed by atoms with Gasteiger partial charge in [-0.25, -0.2) is 14.0 Å². The summed E-state index contributed by atoms with van der Waals surface area (Å²) in [6.45, 7) is -0.261. The fraction of sp³-hybridized carbons (Fsp3) is 0.160. The molecule has 36 heavy (non-hydrogen) atoms. The lowest BCUT2D eigenvalue weighted by molar-refractivity contribution is -0.123. The molecule has 1 aliphatic heterocycles. The molecule has 0 spiro atoms. The summed E-state index contributed by atoms with van der Waals surface area (Å²) < 4.78 is 34.9. The second-order valence-corrected chi connectivity index (χ2v) is 7.96. The van der Waals surface area contributed by atoms with E-state index in [9.17, 15) is 18.8 Å². The maximum atomic E-state index is 13.9. The van der Waals surface area contributed by atoms with Crippen LogP contribution in [0.2, 0.25) is 5.02 Å². The normalized spacial score (nSPS) is 14.2. The van der Waals surface area contributed by atoms with Crippen LogP contribution in [0.3, 0.4) is 0 Å². The fourth-order valence-electron chi connectivity index (χ4n) is 3.44. The van der Waals surface area contributed by atoms with Crippen molar-refractivity contribution in [3.63, 3.8) is 0 Å². The third-order valence-corrected chi connectivity index (χ3v) is 5.50. The van der Waals surface area contributed by atoms with E-state index in [1.165, 1.54) is 44.6 Å². The van der Waals surface area contributed by atoms with Crippen LogP contribution in [-0.2, 0) is 22.7 Å². The third kappa shape index (κ3) is 5.18. The van der Waals surface area contributed by atoms with Crippen molar-refractivity contribution in [3.8, 4) is 11.5 Å². The van der Waals surface area contributed by atoms with Gasteiger partial charge in [0.2, 0.25) is 5.76 Å². The number of carbonyl (C=O) groups is 3. The summed E-state index contributed by atoms with van der Waals surface area (Å²) >= 11 is 6.38. The summed E-state index contributed by atoms with van der Waals surface area (Å²) in [7, 11) is 2.62. The van der Waals surface area contributed by atoms with E-state index in [1.807, 2.05) is 0 Å². The largest absolute Gasteiger partial charge is 0.493 e. The lowest BCUT2D eigenvalue weighted by Crippen LogP contribution is -2.30. The Morgan fingerprint density at radius 3 is 2.67 bits per heavy atom. The molecule has 0 bridgehead atoms. The quantitative estimate of drug-likeness (QED) is 0.267. The Labute approximate surface area is 210 Å². The molecule has 3 amide bonds. The number of rotatable bonds is 8. The van der Waals surface area contributed by atoms with Gasteiger partial charge in [0.15, 0.2) is 11.5 Å². The molecule has 9 nitrogen and oxygen atoms in total. The van der Waals surface area contributed by atoms with Gasteiger partial charge in [0.05, 0.1) is 25.8 Å². The summed E-state index contributed by atoms with van der Waals surface area (Å²) in [6, 6.07) is 11.5. The molecule has 1 fully saturated rings. The van der Waals surface area contributed by atoms with E-state index in [0.717, 1.165) is 4.90 Å². The van der Waals surface area contributed by atoms with Crippen molar-refractivity contribution >= 4 is 35.6 Å². The number of halogens is 2. The van der Waals surface area contributed by atoms with Crippen LogP contribution in [0.4, 0.5) is 9.18 Å². The molecular formula is C25H20ClFN2O7. The first-order chi connectivity index (χ1) is 17.3. The van der Waals surface area contributed by atoms with Crippen LogP contribution in [0, 0.1) is 5.82 Å². The Balaban J connectivity index is 1.51. The van der Waals surface area contributed by atoms with Gasteiger partial charge in [-0.05, 0) is 42.0 Å². The summed E-state index contributed by atoms with van der Waals surface area (Å²) in [5, 5.41) is 2.66. The number of esters is 1. The fourth-order valence-corrected chi connectivity index (χ4v) is 3.71. The molecule has 11 heteroatoms. The number of hydrogen-bond acceptors (Lipinski definition) is 7. The van der Waals surface area contributed by atoms with Gasteiger partial charge in [0, 0.05) is 5.56 Å². The van der Waals surface area contributed by atoms with Crippen molar-refractivity contribution in [2.24, 2.45) is 0 Å². The molecule has 0 unspecified atom stereocenters. The number of nitrogens with one attached hydrogen (secondary N) is 1. The van der Waals surface area contributed by atoms with Crippen LogP contribution in [-0.4, -0.2) is 37.0 Å². The minimum Gasteiger partial charge on any atom is -0.493 e. The minimum atomic E-state index is -0.675. The van der Waals surface area contributed by atoms with Gasteiger partial charge in [-0.3, -0.25) is 9.69 Å². The van der Waals surface area contributed by atoms with Crippen molar-refractivity contribution in [1.29, 1.82) is 0 Å². The molecule has 2 heterocycles. The highest BCUT2D eigenvalue weighted by Crippen LogP contribution is 2.38. The first-order valence-corrected chi connectivity index (χ1v) is 10.9. The van der Waals surface area contributed by atoms with Crippen molar-refractivity contribution in [2.75, 3.05) is 14.2 Å². The third-order valence-electron chi connectivity index (χ3n) is 5.22. The molecule has 3 aromatic rings. The van der Waals surface area contributed by atoms with Crippen molar-refractivity contribution in [2.45, 2.75) is 13.2 Å². The van der Waals surface area contributed by atoms with Crippen molar-refractivity contribution < 1.29 is 37.4 Å². The van der Waals surface area contributed by atoms with Gasteiger partial charge < -0.3 is 23.9 Å². The monoisotopic (exact) mass is 514 g/mol. The van der Waals surface area contributed by atoms with Gasteiger partial charge in [-0.1, -0.05) is 29.8 Å². The van der Waals surface area contributed by atoms with Gasteiger partial charge in [-0.2, -0.15) is 0 Å². The minimum absolute atomic E-state index is 0.00195. The topological polar surface area (TPSA) is 107 Å². The molecule has 1 saturated heterocycles. The first-order valence-electron chi connectivity index (χ1n) is 10.6. The molecule has 1 aromatic heterocycles. The first kappa shape index (κ1) is 24.8. The standard InChI is InChI=1S/C25H20ClFN2O7/c1-33-21-11-14(9-17(26)22(21)35-13-15-5-3-4-6-18(15)27)10-19-23(30)29(25(32)28-19)12-16-7-8-20(36-16)24(31)34-2/h3-11H,12-13H2,1-2H3,(H,28,32)/b19-10-. The van der Waals surface area contributed by atoms with Crippen LogP contribution in [0.15, 0.2) is 58.6 Å². The van der Waals surface area contributed by atoms with Crippen LogP contribution < -0.4 is 14.8 Å². The zero-order valence-corrected chi connectivity index (χ0v) is 19.9. The molecule has 0 radical (unpaired) electrons. The second kappa shape index (κ2) is 10.5. The smallest absolute Gasteiger partial charge is 0.373 e. The van der Waals surface area contributed by atoms with Gasteiger partial charge >= 0.3 is 12.0 Å². The molecule has 0 saturated carbocycles. The maximum absolute atomic E-state index is 13.9. The Morgan fingerprint density at radius 2 is 1.94 bits per heavy atom. The molecule has 4 rings (SSSR count). The number of benzene rings is 2. The van der Waals surface area contributed by atoms with Gasteiger partial charge in [0.25, 0.3) is 5.91 Å². The Hall–Kier alpha value is -4.31. The van der Waals surface area contributed by atoms with E-state index in [1.54, 1.807) is 24.3 Å². The summed E-state index contributed by atoms with van der Waals surface area (Å²) in [6.07, 6.45) is 1.43. The molecule has 0 aliphatic carbocycles. The Kier molecular flexibility index (Phi) is 7.25. The highest BCUT2D eigenvalue weighted by molar-refractivity contribution is 6.32. The number of methoxy groups -OCH3 is 2. The zero-order chi connectivity index (χ0) is 25.8. The molecule has 186 valence electrons. The van der Waals surface area contributed by atoms with E-state index < -0.39 is 23.7 Å². The maximum Gasteiger partial charge on any atom is 0.373 e. The van der Waals surface area contributed by atoms with Gasteiger partial charge in [0.1, 0.15) is 23.9 Å². The van der Waals surface area contributed by atoms with Crippen molar-refractivity contribution in [1.82, 2.24) is 10.2 Å². The van der Waals surface area contributed by atoms with Crippen molar-refractivity contribution in [3.05, 3.63) is 87.7 Å².